The van der Waals surface area contributed by atoms with Gasteiger partial charge in [-0.2, -0.15) is 0 Å². The molecule has 0 radical (unpaired) electrons. The van der Waals surface area contributed by atoms with Crippen LogP contribution in [0.3, 0.4) is 0 Å². The highest BCUT2D eigenvalue weighted by Crippen LogP contribution is 2.33. The summed E-state index contributed by atoms with van der Waals surface area (Å²) in [6.45, 7) is 1.24. The molecule has 4 N–H and O–H groups in total. The fourth-order valence-corrected chi connectivity index (χ4v) is 4.29. The van der Waals surface area contributed by atoms with Crippen molar-refractivity contribution in [2.45, 2.75) is 30.5 Å². The smallest absolute Gasteiger partial charge is 0.241 e. The molecule has 2 aromatic carbocycles. The number of nitrogens with one attached hydrogen (secondary N) is 2. The number of hydrazine groups is 1. The number of benzene rings is 2. The summed E-state index contributed by atoms with van der Waals surface area (Å²) in [6, 6.07) is 15.7. The van der Waals surface area contributed by atoms with Crippen LogP contribution in [0.5, 0.6) is 11.5 Å². The maximum absolute atomic E-state index is 13.1. The highest BCUT2D eigenvalue weighted by atomic mass is 35.5. The highest BCUT2D eigenvalue weighted by molar-refractivity contribution is 5.85. The van der Waals surface area contributed by atoms with E-state index in [4.69, 9.17) is 15.2 Å². The lowest BCUT2D eigenvalue weighted by molar-refractivity contribution is -0.132. The molecule has 2 unspecified atom stereocenters. The van der Waals surface area contributed by atoms with Gasteiger partial charge in [-0.3, -0.25) is 4.79 Å². The lowest BCUT2D eigenvalue weighted by Crippen LogP contribution is -2.45. The second kappa shape index (κ2) is 9.66. The molecule has 30 heavy (non-hydrogen) atoms. The first-order valence-electron chi connectivity index (χ1n) is 9.93. The van der Waals surface area contributed by atoms with E-state index in [0.717, 1.165) is 5.56 Å². The fraction of sp³-hybridized carbons (Fsp3) is 0.409. The summed E-state index contributed by atoms with van der Waals surface area (Å²) in [5.74, 6) is 1.64. The molecular weight excluding hydrogens is 404 g/mol. The van der Waals surface area contributed by atoms with E-state index < -0.39 is 0 Å². The summed E-state index contributed by atoms with van der Waals surface area (Å²) in [6.07, 6.45) is 0.663. The van der Waals surface area contributed by atoms with Crippen LogP contribution >= 0.6 is 12.4 Å². The van der Waals surface area contributed by atoms with Crippen molar-refractivity contribution >= 4 is 18.3 Å². The van der Waals surface area contributed by atoms with Gasteiger partial charge < -0.3 is 20.1 Å². The molecule has 2 aliphatic heterocycles. The van der Waals surface area contributed by atoms with Crippen LogP contribution in [0.15, 0.2) is 48.5 Å². The van der Waals surface area contributed by atoms with Crippen molar-refractivity contribution < 1.29 is 14.3 Å². The second-order valence-corrected chi connectivity index (χ2v) is 7.67. The predicted octanol–water partition coefficient (Wildman–Crippen LogP) is 1.99. The molecule has 0 bridgehead atoms. The number of nitrogens with zero attached hydrogens (tertiary/aromatic N) is 1. The van der Waals surface area contributed by atoms with E-state index in [-0.39, 0.29) is 42.4 Å². The lowest BCUT2D eigenvalue weighted by atomic mass is 9.95. The lowest BCUT2D eigenvalue weighted by Gasteiger charge is -2.20. The van der Waals surface area contributed by atoms with Crippen LogP contribution < -0.4 is 26.1 Å². The second-order valence-electron chi connectivity index (χ2n) is 7.67. The van der Waals surface area contributed by atoms with Crippen LogP contribution in [-0.2, 0) is 4.79 Å². The molecule has 0 saturated carbocycles. The molecule has 8 heteroatoms. The molecule has 0 aromatic heterocycles. The Morgan fingerprint density at radius 3 is 2.43 bits per heavy atom. The zero-order valence-electron chi connectivity index (χ0n) is 17.2. The van der Waals surface area contributed by atoms with Gasteiger partial charge in [0.1, 0.15) is 6.04 Å². The van der Waals surface area contributed by atoms with Gasteiger partial charge in [0.25, 0.3) is 0 Å². The van der Waals surface area contributed by atoms with Crippen molar-refractivity contribution in [3.05, 3.63) is 59.7 Å². The molecule has 2 saturated heterocycles. The number of hydrogen-bond donors (Lipinski definition) is 3. The third kappa shape index (κ3) is 4.39. The monoisotopic (exact) mass is 432 g/mol. The van der Waals surface area contributed by atoms with Gasteiger partial charge in [-0.05, 0) is 29.7 Å². The van der Waals surface area contributed by atoms with Gasteiger partial charge in [0.15, 0.2) is 11.5 Å². The normalized spacial score (nSPS) is 25.6. The van der Waals surface area contributed by atoms with Crippen molar-refractivity contribution in [1.29, 1.82) is 0 Å². The zero-order valence-corrected chi connectivity index (χ0v) is 18.0. The summed E-state index contributed by atoms with van der Waals surface area (Å²) >= 11 is 0. The number of methoxy groups -OCH3 is 2. The summed E-state index contributed by atoms with van der Waals surface area (Å²) in [4.78, 5) is 15.0. The molecule has 2 aromatic rings. The molecule has 2 aliphatic rings. The molecule has 4 atom stereocenters. The molecule has 7 nitrogen and oxygen atoms in total. The first-order chi connectivity index (χ1) is 14.1. The van der Waals surface area contributed by atoms with Gasteiger partial charge >= 0.3 is 0 Å². The molecule has 2 heterocycles. The SMILES string of the molecule is COc1ccc(C2CC(C(=O)N3C[C@@H](N)[C@H](c4ccccc4)C3)NN2)cc1OC.Cl. The van der Waals surface area contributed by atoms with Gasteiger partial charge in [0, 0.05) is 31.1 Å². The van der Waals surface area contributed by atoms with E-state index in [1.54, 1.807) is 14.2 Å². The molecule has 162 valence electrons. The molecule has 2 fully saturated rings. The van der Waals surface area contributed by atoms with E-state index >= 15 is 0 Å². The summed E-state index contributed by atoms with van der Waals surface area (Å²) in [5.41, 5.74) is 15.0. The van der Waals surface area contributed by atoms with Crippen LogP contribution in [0.4, 0.5) is 0 Å². The third-order valence-corrected chi connectivity index (χ3v) is 5.92. The standard InChI is InChI=1S/C22H28N4O3.ClH/c1-28-20-9-8-15(10-21(20)29-2)18-11-19(25-24-18)22(27)26-12-16(17(23)13-26)14-6-4-3-5-7-14;/h3-10,16-19,24-25H,11-13,23H2,1-2H3;1H/t16-,17+,18?,19?;/m0./s1. The highest BCUT2D eigenvalue weighted by Gasteiger charge is 2.39. The largest absolute Gasteiger partial charge is 0.493 e. The minimum Gasteiger partial charge on any atom is -0.493 e. The number of nitrogens with two attached hydrogens (primary N) is 1. The van der Waals surface area contributed by atoms with Crippen LogP contribution in [-0.4, -0.2) is 50.2 Å². The van der Waals surface area contributed by atoms with Crippen LogP contribution in [0.1, 0.15) is 29.5 Å². The quantitative estimate of drug-likeness (QED) is 0.669. The van der Waals surface area contributed by atoms with Crippen molar-refractivity contribution in [3.63, 3.8) is 0 Å². The Hall–Kier alpha value is -2.32. The molecule has 1 amide bonds. The predicted molar refractivity (Wildman–Crippen MR) is 118 cm³/mol. The Bertz CT molecular complexity index is 867. The zero-order chi connectivity index (χ0) is 20.4. The van der Waals surface area contributed by atoms with Crippen molar-refractivity contribution in [2.24, 2.45) is 5.73 Å². The topological polar surface area (TPSA) is 88.9 Å². The molecule has 4 rings (SSSR count). The number of hydrogen-bond acceptors (Lipinski definition) is 6. The minimum atomic E-state index is -0.283. The first-order valence-corrected chi connectivity index (χ1v) is 9.93. The number of amides is 1. The van der Waals surface area contributed by atoms with Gasteiger partial charge in [-0.1, -0.05) is 36.4 Å². The van der Waals surface area contributed by atoms with Crippen LogP contribution in [0.2, 0.25) is 0 Å². The third-order valence-electron chi connectivity index (χ3n) is 5.92. The Morgan fingerprint density at radius 2 is 1.73 bits per heavy atom. The van der Waals surface area contributed by atoms with Crippen molar-refractivity contribution in [1.82, 2.24) is 15.8 Å². The maximum Gasteiger partial charge on any atom is 0.241 e. The van der Waals surface area contributed by atoms with E-state index in [1.807, 2.05) is 41.3 Å². The molecular formula is C22H29ClN4O3. The van der Waals surface area contributed by atoms with Crippen LogP contribution in [0, 0.1) is 0 Å². The Kier molecular flexibility index (Phi) is 7.20. The molecule has 0 aliphatic carbocycles. The average molecular weight is 433 g/mol. The Morgan fingerprint density at radius 1 is 1.00 bits per heavy atom. The summed E-state index contributed by atoms with van der Waals surface area (Å²) < 4.78 is 10.7. The Balaban J connectivity index is 0.00000256. The van der Waals surface area contributed by atoms with Crippen LogP contribution in [0.25, 0.3) is 0 Å². The molecule has 0 spiro atoms. The van der Waals surface area contributed by atoms with Crippen molar-refractivity contribution in [2.75, 3.05) is 27.3 Å². The maximum atomic E-state index is 13.1. The van der Waals surface area contributed by atoms with Gasteiger partial charge in [-0.15, -0.1) is 12.4 Å². The average Bonchev–Trinajstić information content (AvgIpc) is 3.40. The van der Waals surface area contributed by atoms with Gasteiger partial charge in [-0.25, -0.2) is 10.9 Å². The number of rotatable bonds is 5. The first kappa shape index (κ1) is 22.4. The van der Waals surface area contributed by atoms with E-state index in [9.17, 15) is 4.79 Å². The number of likely N-dealkylation sites (tertiary alicyclic amines) is 1. The minimum absolute atomic E-state index is 0. The van der Waals surface area contributed by atoms with E-state index in [0.29, 0.717) is 31.0 Å². The number of ether oxygens (including phenoxy) is 2. The number of halogens is 1. The fourth-order valence-electron chi connectivity index (χ4n) is 4.29. The van der Waals surface area contributed by atoms with E-state index in [2.05, 4.69) is 23.0 Å². The van der Waals surface area contributed by atoms with Crippen molar-refractivity contribution in [3.8, 4) is 11.5 Å². The number of carbonyl (C=O) groups is 1. The van der Waals surface area contributed by atoms with Gasteiger partial charge in [0.05, 0.1) is 14.2 Å². The van der Waals surface area contributed by atoms with Gasteiger partial charge in [0.2, 0.25) is 5.91 Å². The number of carbonyl (C=O) groups excluding carboxylic acids is 1. The Labute approximate surface area is 183 Å². The summed E-state index contributed by atoms with van der Waals surface area (Å²) in [7, 11) is 3.24. The summed E-state index contributed by atoms with van der Waals surface area (Å²) in [5, 5.41) is 0. The van der Waals surface area contributed by atoms with E-state index in [1.165, 1.54) is 5.56 Å².